The molecule has 100 valence electrons. The Balaban J connectivity index is 2.05. The highest BCUT2D eigenvalue weighted by Crippen LogP contribution is 2.21. The molecule has 20 heavy (non-hydrogen) atoms. The van der Waals surface area contributed by atoms with Gasteiger partial charge in [0, 0.05) is 16.9 Å². The number of aryl methyl sites for hydroxylation is 1. The molecule has 0 radical (unpaired) electrons. The Kier molecular flexibility index (Phi) is 3.47. The van der Waals surface area contributed by atoms with Gasteiger partial charge in [-0.05, 0) is 49.0 Å². The summed E-state index contributed by atoms with van der Waals surface area (Å²) in [5, 5.41) is 0.717. The van der Waals surface area contributed by atoms with Gasteiger partial charge in [0.2, 0.25) is 0 Å². The molecule has 0 aliphatic rings. The molecule has 1 N–H and O–H groups in total. The van der Waals surface area contributed by atoms with Crippen LogP contribution >= 0.6 is 23.8 Å². The Morgan fingerprint density at radius 2 is 1.65 bits per heavy atom. The number of halogens is 1. The van der Waals surface area contributed by atoms with E-state index in [1.54, 1.807) is 0 Å². The lowest BCUT2D eigenvalue weighted by Gasteiger charge is -2.01. The zero-order chi connectivity index (χ0) is 14.1. The molecule has 0 saturated heterocycles. The number of hydrogen-bond donors (Lipinski definition) is 1. The first-order valence-electron chi connectivity index (χ1n) is 6.28. The molecular formula is C16H13ClN2S. The SMILES string of the molecule is Cc1ccc(-c2cn(-c3ccc(Cl)cc3)c(=S)[nH]2)cc1. The second-order valence-corrected chi connectivity index (χ2v) is 5.51. The van der Waals surface area contributed by atoms with E-state index in [1.165, 1.54) is 5.56 Å². The fourth-order valence-electron chi connectivity index (χ4n) is 2.07. The lowest BCUT2D eigenvalue weighted by atomic mass is 10.1. The van der Waals surface area contributed by atoms with Crippen molar-refractivity contribution in [3.05, 3.63) is 70.1 Å². The smallest absolute Gasteiger partial charge is 0.182 e. The first-order valence-corrected chi connectivity index (χ1v) is 7.07. The third-order valence-corrected chi connectivity index (χ3v) is 3.74. The highest BCUT2D eigenvalue weighted by atomic mass is 35.5. The second kappa shape index (κ2) is 5.27. The van der Waals surface area contributed by atoms with E-state index in [-0.39, 0.29) is 0 Å². The van der Waals surface area contributed by atoms with Gasteiger partial charge in [-0.15, -0.1) is 0 Å². The molecule has 3 rings (SSSR count). The first kappa shape index (κ1) is 13.2. The van der Waals surface area contributed by atoms with Gasteiger partial charge in [0.1, 0.15) is 0 Å². The van der Waals surface area contributed by atoms with Crippen molar-refractivity contribution in [2.24, 2.45) is 0 Å². The van der Waals surface area contributed by atoms with Crippen LogP contribution < -0.4 is 0 Å². The van der Waals surface area contributed by atoms with Crippen LogP contribution in [0.15, 0.2) is 54.7 Å². The summed E-state index contributed by atoms with van der Waals surface area (Å²) in [4.78, 5) is 3.24. The maximum Gasteiger partial charge on any atom is 0.182 e. The molecule has 3 aromatic rings. The van der Waals surface area contributed by atoms with Crippen LogP contribution in [0.1, 0.15) is 5.56 Å². The number of nitrogens with one attached hydrogen (secondary N) is 1. The maximum atomic E-state index is 5.91. The summed E-state index contributed by atoms with van der Waals surface area (Å²) in [5.41, 5.74) is 4.36. The number of benzene rings is 2. The van der Waals surface area contributed by atoms with Gasteiger partial charge in [-0.25, -0.2) is 0 Å². The summed E-state index contributed by atoms with van der Waals surface area (Å²) in [5.74, 6) is 0. The van der Waals surface area contributed by atoms with Crippen LogP contribution in [0.2, 0.25) is 5.02 Å². The van der Waals surface area contributed by atoms with E-state index in [1.807, 2.05) is 35.0 Å². The number of aromatic nitrogens is 2. The average molecular weight is 301 g/mol. The molecule has 0 spiro atoms. The van der Waals surface area contributed by atoms with Gasteiger partial charge in [0.15, 0.2) is 4.77 Å². The fraction of sp³-hybridized carbons (Fsp3) is 0.0625. The van der Waals surface area contributed by atoms with Gasteiger partial charge in [0.25, 0.3) is 0 Å². The molecule has 0 bridgehead atoms. The molecule has 2 nitrogen and oxygen atoms in total. The molecule has 0 atom stereocenters. The monoisotopic (exact) mass is 300 g/mol. The number of H-pyrrole nitrogens is 1. The fourth-order valence-corrected chi connectivity index (χ4v) is 2.46. The maximum absolute atomic E-state index is 5.91. The molecule has 1 heterocycles. The molecule has 1 aromatic heterocycles. The number of nitrogens with zero attached hydrogens (tertiary/aromatic N) is 1. The lowest BCUT2D eigenvalue weighted by Crippen LogP contribution is -1.90. The minimum atomic E-state index is 0.669. The minimum Gasteiger partial charge on any atom is -0.330 e. The van der Waals surface area contributed by atoms with Crippen LogP contribution in [-0.4, -0.2) is 9.55 Å². The normalized spacial score (nSPS) is 10.7. The number of rotatable bonds is 2. The molecule has 2 aromatic carbocycles. The molecule has 0 aliphatic heterocycles. The van der Waals surface area contributed by atoms with Crippen molar-refractivity contribution in [2.45, 2.75) is 6.92 Å². The van der Waals surface area contributed by atoms with Crippen LogP contribution in [0, 0.1) is 11.7 Å². The zero-order valence-electron chi connectivity index (χ0n) is 10.9. The van der Waals surface area contributed by atoms with Crippen LogP contribution in [0.5, 0.6) is 0 Å². The van der Waals surface area contributed by atoms with Crippen LogP contribution in [0.4, 0.5) is 0 Å². The summed E-state index contributed by atoms with van der Waals surface area (Å²) in [6, 6.07) is 16.0. The van der Waals surface area contributed by atoms with E-state index < -0.39 is 0 Å². The highest BCUT2D eigenvalue weighted by Gasteiger charge is 2.05. The molecule has 0 unspecified atom stereocenters. The van der Waals surface area contributed by atoms with Crippen molar-refractivity contribution in [1.82, 2.24) is 9.55 Å². The Morgan fingerprint density at radius 3 is 2.30 bits per heavy atom. The third-order valence-electron chi connectivity index (χ3n) is 3.19. The van der Waals surface area contributed by atoms with Gasteiger partial charge < -0.3 is 4.98 Å². The quantitative estimate of drug-likeness (QED) is 0.648. The number of imidazole rings is 1. The van der Waals surface area contributed by atoms with Crippen molar-refractivity contribution >= 4 is 23.8 Å². The van der Waals surface area contributed by atoms with E-state index >= 15 is 0 Å². The Hall–Kier alpha value is -1.84. The summed E-state index contributed by atoms with van der Waals surface area (Å²) >= 11 is 11.3. The third kappa shape index (κ3) is 2.55. The van der Waals surface area contributed by atoms with Gasteiger partial charge in [0.05, 0.1) is 5.69 Å². The molecule has 0 fully saturated rings. The Bertz CT molecular complexity index is 783. The van der Waals surface area contributed by atoms with Crippen LogP contribution in [0.3, 0.4) is 0 Å². The van der Waals surface area contributed by atoms with E-state index in [2.05, 4.69) is 36.2 Å². The summed E-state index contributed by atoms with van der Waals surface area (Å²) in [7, 11) is 0. The number of hydrogen-bond acceptors (Lipinski definition) is 1. The van der Waals surface area contributed by atoms with E-state index in [9.17, 15) is 0 Å². The van der Waals surface area contributed by atoms with Crippen molar-refractivity contribution < 1.29 is 0 Å². The molecule has 0 saturated carbocycles. The van der Waals surface area contributed by atoms with Crippen molar-refractivity contribution in [2.75, 3.05) is 0 Å². The van der Waals surface area contributed by atoms with E-state index in [4.69, 9.17) is 23.8 Å². The van der Waals surface area contributed by atoms with Crippen molar-refractivity contribution in [1.29, 1.82) is 0 Å². The Labute approximate surface area is 127 Å². The van der Waals surface area contributed by atoms with Gasteiger partial charge in [-0.1, -0.05) is 41.4 Å². The van der Waals surface area contributed by atoms with Crippen molar-refractivity contribution in [3.63, 3.8) is 0 Å². The van der Waals surface area contributed by atoms with Gasteiger partial charge in [-0.3, -0.25) is 4.57 Å². The predicted molar refractivity (Wildman–Crippen MR) is 86.1 cm³/mol. The second-order valence-electron chi connectivity index (χ2n) is 4.69. The number of aromatic amines is 1. The largest absolute Gasteiger partial charge is 0.330 e. The zero-order valence-corrected chi connectivity index (χ0v) is 12.5. The van der Waals surface area contributed by atoms with E-state index in [0.717, 1.165) is 22.0 Å². The van der Waals surface area contributed by atoms with Crippen LogP contribution in [0.25, 0.3) is 16.9 Å². The Morgan fingerprint density at radius 1 is 1.00 bits per heavy atom. The molecular weight excluding hydrogens is 288 g/mol. The van der Waals surface area contributed by atoms with Crippen molar-refractivity contribution in [3.8, 4) is 16.9 Å². The molecule has 0 amide bonds. The summed E-state index contributed by atoms with van der Waals surface area (Å²) in [6.07, 6.45) is 2.01. The lowest BCUT2D eigenvalue weighted by molar-refractivity contribution is 1.03. The average Bonchev–Trinajstić information content (AvgIpc) is 2.82. The van der Waals surface area contributed by atoms with Gasteiger partial charge in [-0.2, -0.15) is 0 Å². The topological polar surface area (TPSA) is 20.7 Å². The van der Waals surface area contributed by atoms with Gasteiger partial charge >= 0.3 is 0 Å². The highest BCUT2D eigenvalue weighted by molar-refractivity contribution is 7.71. The predicted octanol–water partition coefficient (Wildman–Crippen LogP) is 5.16. The summed E-state index contributed by atoms with van der Waals surface area (Å²) in [6.45, 7) is 2.07. The molecule has 4 heteroatoms. The minimum absolute atomic E-state index is 0.669. The standard InChI is InChI=1S/C16H13ClN2S/c1-11-2-4-12(5-3-11)15-10-19(16(20)18-15)14-8-6-13(17)7-9-14/h2-10H,1H3,(H,18,20). The molecule has 0 aliphatic carbocycles. The van der Waals surface area contributed by atoms with Crippen LogP contribution in [-0.2, 0) is 0 Å². The van der Waals surface area contributed by atoms with E-state index in [0.29, 0.717) is 4.77 Å². The summed E-state index contributed by atoms with van der Waals surface area (Å²) < 4.78 is 2.61. The first-order chi connectivity index (χ1) is 9.63.